The maximum Gasteiger partial charge on any atom is 0.573 e. The molecule has 3 aromatic rings. The van der Waals surface area contributed by atoms with Crippen molar-refractivity contribution in [3.63, 3.8) is 0 Å². The number of nitrogens with one attached hydrogen (secondary N) is 2. The molecular formula is C28H30F5N5O2. The lowest BCUT2D eigenvalue weighted by atomic mass is 9.95. The fourth-order valence-electron chi connectivity index (χ4n) is 6.44. The quantitative estimate of drug-likeness (QED) is 0.273. The van der Waals surface area contributed by atoms with Crippen LogP contribution in [0.2, 0.25) is 0 Å². The van der Waals surface area contributed by atoms with E-state index in [1.807, 2.05) is 18.4 Å². The van der Waals surface area contributed by atoms with Crippen LogP contribution >= 0.6 is 0 Å². The molecule has 214 valence electrons. The fraction of sp³-hybridized carbons (Fsp3) is 0.500. The number of piperidine rings is 1. The number of carbonyl (C=O) groups excluding carboxylic acids is 1. The van der Waals surface area contributed by atoms with Crippen LogP contribution in [-0.2, 0) is 11.2 Å². The summed E-state index contributed by atoms with van der Waals surface area (Å²) in [7, 11) is 1.54. The Hall–Kier alpha value is -3.41. The van der Waals surface area contributed by atoms with E-state index in [-0.39, 0.29) is 41.4 Å². The minimum atomic E-state index is -5.23. The first-order chi connectivity index (χ1) is 18.9. The Balaban J connectivity index is 1.69. The average molecular weight is 564 g/mol. The molecule has 7 nitrogen and oxygen atoms in total. The Kier molecular flexibility index (Phi) is 6.24. The summed E-state index contributed by atoms with van der Waals surface area (Å²) in [5.41, 5.74) is 6.85. The van der Waals surface area contributed by atoms with Gasteiger partial charge in [0.1, 0.15) is 5.69 Å². The zero-order valence-electron chi connectivity index (χ0n) is 22.3. The van der Waals surface area contributed by atoms with Crippen molar-refractivity contribution < 1.29 is 31.5 Å². The Bertz CT molecular complexity index is 1520. The number of anilines is 1. The first-order valence-electron chi connectivity index (χ1n) is 13.4. The number of ether oxygens (including phenoxy) is 1. The van der Waals surface area contributed by atoms with Gasteiger partial charge in [-0.15, -0.1) is 13.2 Å². The average Bonchev–Trinajstić information content (AvgIpc) is 3.75. The number of hydrogen-bond acceptors (Lipinski definition) is 5. The van der Waals surface area contributed by atoms with Gasteiger partial charge in [-0.3, -0.25) is 4.79 Å². The van der Waals surface area contributed by atoms with Crippen molar-refractivity contribution in [3.05, 3.63) is 40.7 Å². The number of nitrogens with two attached hydrogens (primary N) is 1. The van der Waals surface area contributed by atoms with Gasteiger partial charge < -0.3 is 25.7 Å². The van der Waals surface area contributed by atoms with Gasteiger partial charge in [-0.05, 0) is 61.2 Å². The van der Waals surface area contributed by atoms with Crippen LogP contribution in [0.1, 0.15) is 61.5 Å². The SMILES string of the molecule is CNC(=O)Cc1c(C2C3CNCC32)c2c(C(C)C)nc(-c3cc(N)cc(F)c3OC(F)(F)F)c(F)c2n1C1CC1. The molecule has 40 heavy (non-hydrogen) atoms. The molecule has 0 radical (unpaired) electrons. The molecule has 6 rings (SSSR count). The van der Waals surface area contributed by atoms with E-state index in [4.69, 9.17) is 5.73 Å². The maximum absolute atomic E-state index is 16.8. The van der Waals surface area contributed by atoms with Crippen molar-refractivity contribution in [1.29, 1.82) is 0 Å². The number of halogens is 5. The predicted octanol–water partition coefficient (Wildman–Crippen LogP) is 5.14. The third-order valence-corrected chi connectivity index (χ3v) is 8.28. The molecule has 2 aliphatic carbocycles. The van der Waals surface area contributed by atoms with Crippen LogP contribution in [0.3, 0.4) is 0 Å². The van der Waals surface area contributed by atoms with Crippen LogP contribution in [0.4, 0.5) is 27.6 Å². The maximum atomic E-state index is 16.8. The van der Waals surface area contributed by atoms with E-state index in [0.29, 0.717) is 34.7 Å². The van der Waals surface area contributed by atoms with Gasteiger partial charge in [-0.2, -0.15) is 0 Å². The number of nitrogens with zero attached hydrogens (tertiary/aromatic N) is 2. The van der Waals surface area contributed by atoms with Crippen LogP contribution in [0.15, 0.2) is 12.1 Å². The summed E-state index contributed by atoms with van der Waals surface area (Å²) in [6.07, 6.45) is -3.66. The summed E-state index contributed by atoms with van der Waals surface area (Å²) >= 11 is 0. The lowest BCUT2D eigenvalue weighted by Crippen LogP contribution is -2.22. The first-order valence-corrected chi connectivity index (χ1v) is 13.4. The van der Waals surface area contributed by atoms with Crippen molar-refractivity contribution >= 4 is 22.5 Å². The van der Waals surface area contributed by atoms with Gasteiger partial charge in [0.2, 0.25) is 5.91 Å². The summed E-state index contributed by atoms with van der Waals surface area (Å²) in [6, 6.07) is 1.66. The van der Waals surface area contributed by atoms with E-state index in [2.05, 4.69) is 20.4 Å². The number of rotatable bonds is 7. The second kappa shape index (κ2) is 9.32. The second-order valence-corrected chi connectivity index (χ2v) is 11.3. The van der Waals surface area contributed by atoms with E-state index in [1.54, 1.807) is 0 Å². The van der Waals surface area contributed by atoms with Gasteiger partial charge in [0, 0.05) is 35.9 Å². The summed E-state index contributed by atoms with van der Waals surface area (Å²) < 4.78 is 77.4. The number of hydrogen-bond donors (Lipinski definition) is 3. The number of alkyl halides is 3. The van der Waals surface area contributed by atoms with Crippen LogP contribution in [0.5, 0.6) is 5.75 Å². The largest absolute Gasteiger partial charge is 0.573 e. The molecule has 1 aromatic carbocycles. The lowest BCUT2D eigenvalue weighted by Gasteiger charge is -2.18. The minimum Gasteiger partial charge on any atom is -0.402 e. The molecule has 1 amide bonds. The van der Waals surface area contributed by atoms with Gasteiger partial charge in [-0.1, -0.05) is 13.8 Å². The molecule has 0 bridgehead atoms. The summed E-state index contributed by atoms with van der Waals surface area (Å²) in [4.78, 5) is 17.3. The molecule has 2 unspecified atom stereocenters. The van der Waals surface area contributed by atoms with Crippen molar-refractivity contribution in [2.75, 3.05) is 25.9 Å². The molecule has 2 saturated carbocycles. The molecule has 2 atom stereocenters. The number of benzene rings is 1. The first kappa shape index (κ1) is 26.8. The third kappa shape index (κ3) is 4.36. The number of aromatic nitrogens is 2. The smallest absolute Gasteiger partial charge is 0.402 e. The number of amides is 1. The Labute approximate surface area is 227 Å². The van der Waals surface area contributed by atoms with Gasteiger partial charge in [0.25, 0.3) is 0 Å². The zero-order valence-corrected chi connectivity index (χ0v) is 22.3. The van der Waals surface area contributed by atoms with Gasteiger partial charge >= 0.3 is 6.36 Å². The molecule has 1 saturated heterocycles. The van der Waals surface area contributed by atoms with E-state index >= 15 is 4.39 Å². The van der Waals surface area contributed by atoms with Crippen LogP contribution in [0, 0.1) is 23.5 Å². The van der Waals surface area contributed by atoms with Crippen molar-refractivity contribution in [2.24, 2.45) is 11.8 Å². The molecule has 3 aliphatic rings. The Morgan fingerprint density at radius 3 is 2.48 bits per heavy atom. The highest BCUT2D eigenvalue weighted by Gasteiger charge is 2.56. The molecule has 2 aromatic heterocycles. The third-order valence-electron chi connectivity index (χ3n) is 8.28. The van der Waals surface area contributed by atoms with Crippen molar-refractivity contribution in [3.8, 4) is 17.0 Å². The number of fused-ring (bicyclic) bond motifs is 2. The Morgan fingerprint density at radius 2 is 1.90 bits per heavy atom. The highest BCUT2D eigenvalue weighted by Crippen LogP contribution is 2.60. The molecule has 1 aliphatic heterocycles. The zero-order chi connectivity index (χ0) is 28.7. The van der Waals surface area contributed by atoms with E-state index in [9.17, 15) is 22.4 Å². The predicted molar refractivity (Wildman–Crippen MR) is 139 cm³/mol. The molecule has 12 heteroatoms. The molecule has 4 N–H and O–H groups in total. The van der Waals surface area contributed by atoms with Crippen molar-refractivity contribution in [1.82, 2.24) is 20.2 Å². The molecule has 3 fully saturated rings. The van der Waals surface area contributed by atoms with Gasteiger partial charge in [0.15, 0.2) is 17.4 Å². The highest BCUT2D eigenvalue weighted by atomic mass is 19.4. The number of likely N-dealkylation sites (N-methyl/N-ethyl adjacent to an activating group) is 1. The molecule has 3 heterocycles. The standard InChI is InChI=1S/C28H30F5N5O2/c1-11(2)24-22-21(20-15-9-36-10-16(15)20)18(8-19(39)35-3)38(13-4-5-13)26(22)23(30)25(37-24)14-6-12(34)7-17(29)27(14)40-28(31,32)33/h6-7,11,13,15-16,20,36H,4-5,8-10,34H2,1-3H3,(H,35,39). The topological polar surface area (TPSA) is 94.2 Å². The van der Waals surface area contributed by atoms with Crippen LogP contribution in [-0.4, -0.2) is 42.0 Å². The number of nitrogen functional groups attached to an aromatic ring is 1. The fourth-order valence-corrected chi connectivity index (χ4v) is 6.44. The van der Waals surface area contributed by atoms with Crippen LogP contribution in [0.25, 0.3) is 22.2 Å². The summed E-state index contributed by atoms with van der Waals surface area (Å²) in [6.45, 7) is 5.36. The molecule has 0 spiro atoms. The number of carbonyl (C=O) groups is 1. The summed E-state index contributed by atoms with van der Waals surface area (Å²) in [5, 5.41) is 6.63. The normalized spacial score (nSPS) is 22.2. The minimum absolute atomic E-state index is 0.0298. The van der Waals surface area contributed by atoms with E-state index < -0.39 is 35.0 Å². The Morgan fingerprint density at radius 1 is 1.23 bits per heavy atom. The van der Waals surface area contributed by atoms with Crippen molar-refractivity contribution in [2.45, 2.75) is 57.3 Å². The van der Waals surface area contributed by atoms with E-state index in [0.717, 1.165) is 37.6 Å². The van der Waals surface area contributed by atoms with Gasteiger partial charge in [-0.25, -0.2) is 13.8 Å². The summed E-state index contributed by atoms with van der Waals surface area (Å²) in [5.74, 6) is -3.15. The van der Waals surface area contributed by atoms with Crippen LogP contribution < -0.4 is 21.1 Å². The monoisotopic (exact) mass is 563 g/mol. The van der Waals surface area contributed by atoms with Gasteiger partial charge in [0.05, 0.1) is 23.2 Å². The lowest BCUT2D eigenvalue weighted by molar-refractivity contribution is -0.275. The second-order valence-electron chi connectivity index (χ2n) is 11.3. The van der Waals surface area contributed by atoms with E-state index in [1.165, 1.54) is 7.05 Å². The highest BCUT2D eigenvalue weighted by molar-refractivity contribution is 5.95. The molecular weight excluding hydrogens is 533 g/mol. The number of pyridine rings is 1.